The van der Waals surface area contributed by atoms with E-state index in [2.05, 4.69) is 40.0 Å². The molecule has 7 nitrogen and oxygen atoms in total. The van der Waals surface area contributed by atoms with Crippen LogP contribution in [0.3, 0.4) is 0 Å². The highest BCUT2D eigenvalue weighted by atomic mass is 15.3. The molecule has 2 atom stereocenters. The second-order valence-electron chi connectivity index (χ2n) is 8.44. The first-order chi connectivity index (χ1) is 13.6. The first-order valence-corrected chi connectivity index (χ1v) is 10.1. The van der Waals surface area contributed by atoms with Gasteiger partial charge in [0.05, 0.1) is 11.6 Å². The number of aromatic nitrogens is 3. The zero-order valence-electron chi connectivity index (χ0n) is 16.4. The number of hydrogen-bond donors (Lipinski definition) is 1. The van der Waals surface area contributed by atoms with Gasteiger partial charge in [-0.3, -0.25) is 0 Å². The Kier molecular flexibility index (Phi) is 3.98. The molecule has 2 aromatic rings. The molecule has 1 N–H and O–H groups in total. The lowest BCUT2D eigenvalue weighted by Crippen LogP contribution is -2.55. The zero-order chi connectivity index (χ0) is 19.3. The average molecular weight is 375 g/mol. The van der Waals surface area contributed by atoms with Crippen molar-refractivity contribution in [3.05, 3.63) is 35.8 Å². The van der Waals surface area contributed by atoms with Gasteiger partial charge in [-0.15, -0.1) is 0 Å². The van der Waals surface area contributed by atoms with E-state index >= 15 is 0 Å². The first kappa shape index (κ1) is 17.4. The van der Waals surface area contributed by atoms with Crippen molar-refractivity contribution in [2.24, 2.45) is 0 Å². The van der Waals surface area contributed by atoms with Crippen LogP contribution in [0.25, 0.3) is 0 Å². The van der Waals surface area contributed by atoms with Crippen LogP contribution in [0.2, 0.25) is 0 Å². The maximum atomic E-state index is 9.29. The minimum atomic E-state index is 0.101. The van der Waals surface area contributed by atoms with Crippen LogP contribution in [0.4, 0.5) is 17.5 Å². The van der Waals surface area contributed by atoms with E-state index in [1.807, 2.05) is 6.07 Å². The summed E-state index contributed by atoms with van der Waals surface area (Å²) in [6, 6.07) is 6.65. The maximum absolute atomic E-state index is 9.29. The Balaban J connectivity index is 1.62. The number of pyridine rings is 1. The van der Waals surface area contributed by atoms with Gasteiger partial charge >= 0.3 is 0 Å². The number of nitrogens with zero attached hydrogens (tertiary/aromatic N) is 6. The first-order valence-electron chi connectivity index (χ1n) is 10.1. The second-order valence-corrected chi connectivity index (χ2v) is 8.44. The summed E-state index contributed by atoms with van der Waals surface area (Å²) in [7, 11) is 0. The predicted molar refractivity (Wildman–Crippen MR) is 108 cm³/mol. The quantitative estimate of drug-likeness (QED) is 0.864. The van der Waals surface area contributed by atoms with Crippen LogP contribution in [0.1, 0.15) is 44.2 Å². The van der Waals surface area contributed by atoms with Crippen molar-refractivity contribution in [1.82, 2.24) is 20.3 Å². The Hall–Kier alpha value is -2.72. The molecule has 28 heavy (non-hydrogen) atoms. The molecule has 7 heteroatoms. The van der Waals surface area contributed by atoms with Crippen molar-refractivity contribution in [3.63, 3.8) is 0 Å². The predicted octanol–water partition coefficient (Wildman–Crippen LogP) is 2.50. The van der Waals surface area contributed by atoms with Crippen molar-refractivity contribution < 1.29 is 0 Å². The SMILES string of the molecule is C[C@@H]1CN(c2ncnc3c2C2(CCC2)CN3c2cc(C#N)ccn2)[C@@H](C)CN1. The van der Waals surface area contributed by atoms with E-state index in [9.17, 15) is 5.26 Å². The molecule has 1 spiro atoms. The van der Waals surface area contributed by atoms with Crippen molar-refractivity contribution in [2.45, 2.75) is 50.6 Å². The van der Waals surface area contributed by atoms with Crippen LogP contribution in [0.15, 0.2) is 24.7 Å². The van der Waals surface area contributed by atoms with E-state index in [1.54, 1.807) is 18.6 Å². The average Bonchev–Trinajstić information content (AvgIpc) is 3.06. The van der Waals surface area contributed by atoms with Crippen molar-refractivity contribution in [3.8, 4) is 6.07 Å². The van der Waals surface area contributed by atoms with Gasteiger partial charge in [0.1, 0.15) is 23.8 Å². The third-order valence-electron chi connectivity index (χ3n) is 6.55. The van der Waals surface area contributed by atoms with E-state index in [0.29, 0.717) is 17.6 Å². The van der Waals surface area contributed by atoms with Gasteiger partial charge in [-0.05, 0) is 38.8 Å². The van der Waals surface area contributed by atoms with Crippen LogP contribution >= 0.6 is 0 Å². The van der Waals surface area contributed by atoms with Gasteiger partial charge in [-0.25, -0.2) is 15.0 Å². The molecule has 4 heterocycles. The lowest BCUT2D eigenvalue weighted by atomic mass is 9.66. The van der Waals surface area contributed by atoms with Gasteiger partial charge in [0.2, 0.25) is 0 Å². The Labute approximate surface area is 165 Å². The van der Waals surface area contributed by atoms with Gasteiger partial charge in [-0.2, -0.15) is 5.26 Å². The second kappa shape index (κ2) is 6.42. The zero-order valence-corrected chi connectivity index (χ0v) is 16.4. The molecule has 0 amide bonds. The van der Waals surface area contributed by atoms with Gasteiger partial charge < -0.3 is 15.1 Å². The summed E-state index contributed by atoms with van der Waals surface area (Å²) >= 11 is 0. The molecule has 144 valence electrons. The highest BCUT2D eigenvalue weighted by Gasteiger charge is 2.51. The minimum Gasteiger partial charge on any atom is -0.351 e. The molecule has 3 aliphatic rings. The molecule has 2 aliphatic heterocycles. The summed E-state index contributed by atoms with van der Waals surface area (Å²) in [6.45, 7) is 7.26. The monoisotopic (exact) mass is 375 g/mol. The van der Waals surface area contributed by atoms with Gasteiger partial charge in [0.15, 0.2) is 0 Å². The van der Waals surface area contributed by atoms with Gasteiger partial charge in [0, 0.05) is 48.9 Å². The number of hydrogen-bond acceptors (Lipinski definition) is 7. The smallest absolute Gasteiger partial charge is 0.143 e. The van der Waals surface area contributed by atoms with Crippen LogP contribution in [0, 0.1) is 11.3 Å². The third kappa shape index (κ3) is 2.55. The van der Waals surface area contributed by atoms with Crippen molar-refractivity contribution >= 4 is 17.5 Å². The molecular weight excluding hydrogens is 350 g/mol. The molecule has 0 bridgehead atoms. The molecule has 2 aromatic heterocycles. The molecule has 0 radical (unpaired) electrons. The van der Waals surface area contributed by atoms with E-state index in [4.69, 9.17) is 9.97 Å². The Morgan fingerprint density at radius 2 is 2.04 bits per heavy atom. The topological polar surface area (TPSA) is 81.0 Å². The van der Waals surface area contributed by atoms with Crippen LogP contribution in [-0.2, 0) is 5.41 Å². The van der Waals surface area contributed by atoms with Gasteiger partial charge in [0.25, 0.3) is 0 Å². The number of fused-ring (bicyclic) bond motifs is 2. The summed E-state index contributed by atoms with van der Waals surface area (Å²) in [5.41, 5.74) is 2.01. The van der Waals surface area contributed by atoms with Crippen LogP contribution in [0.5, 0.6) is 0 Å². The van der Waals surface area contributed by atoms with Crippen molar-refractivity contribution in [1.29, 1.82) is 5.26 Å². The molecule has 1 saturated heterocycles. The molecular formula is C21H25N7. The third-order valence-corrected chi connectivity index (χ3v) is 6.55. The molecule has 1 aliphatic carbocycles. The highest BCUT2D eigenvalue weighted by molar-refractivity contribution is 5.74. The summed E-state index contributed by atoms with van der Waals surface area (Å²) in [4.78, 5) is 18.7. The minimum absolute atomic E-state index is 0.101. The van der Waals surface area contributed by atoms with E-state index in [-0.39, 0.29) is 5.41 Å². The summed E-state index contributed by atoms with van der Waals surface area (Å²) < 4.78 is 0. The largest absolute Gasteiger partial charge is 0.351 e. The Morgan fingerprint density at radius 3 is 2.79 bits per heavy atom. The number of nitrogens with one attached hydrogen (secondary N) is 1. The molecule has 1 saturated carbocycles. The molecule has 5 rings (SSSR count). The van der Waals surface area contributed by atoms with E-state index < -0.39 is 0 Å². The fraction of sp³-hybridized carbons (Fsp3) is 0.524. The molecule has 0 unspecified atom stereocenters. The summed E-state index contributed by atoms with van der Waals surface area (Å²) in [6.07, 6.45) is 6.95. The Morgan fingerprint density at radius 1 is 1.21 bits per heavy atom. The normalized spacial score (nSPS) is 25.3. The van der Waals surface area contributed by atoms with Crippen molar-refractivity contribution in [2.75, 3.05) is 29.4 Å². The van der Waals surface area contributed by atoms with Gasteiger partial charge in [-0.1, -0.05) is 6.42 Å². The number of piperazine rings is 1. The number of anilines is 3. The fourth-order valence-electron chi connectivity index (χ4n) is 4.87. The maximum Gasteiger partial charge on any atom is 0.143 e. The van der Waals surface area contributed by atoms with Crippen LogP contribution < -0.4 is 15.1 Å². The lowest BCUT2D eigenvalue weighted by Gasteiger charge is -2.43. The van der Waals surface area contributed by atoms with E-state index in [1.165, 1.54) is 12.0 Å². The standard InChI is InChI=1S/C21H25N7/c1-14-11-27(15(2)10-24-14)19-18-20(26-13-25-19)28(12-21(18)5-3-6-21)17-8-16(9-22)4-7-23-17/h4,7-8,13-15,24H,3,5-6,10-12H2,1-2H3/t14-,15+/m1/s1. The van der Waals surface area contributed by atoms with E-state index in [0.717, 1.165) is 49.9 Å². The van der Waals surface area contributed by atoms with Crippen LogP contribution in [-0.4, -0.2) is 46.7 Å². The molecule has 0 aromatic carbocycles. The lowest BCUT2D eigenvalue weighted by molar-refractivity contribution is 0.265. The number of rotatable bonds is 2. The molecule has 2 fully saturated rings. The fourth-order valence-corrected chi connectivity index (χ4v) is 4.87. The Bertz CT molecular complexity index is 946. The summed E-state index contributed by atoms with van der Waals surface area (Å²) in [5, 5.41) is 12.9. The number of nitriles is 1. The highest BCUT2D eigenvalue weighted by Crippen LogP contribution is 2.56. The summed E-state index contributed by atoms with van der Waals surface area (Å²) in [5.74, 6) is 2.85.